The van der Waals surface area contributed by atoms with Gasteiger partial charge in [-0.25, -0.2) is 0 Å². The largest absolute Gasteiger partial charge is 0.271 e. The first kappa shape index (κ1) is 5.66. The summed E-state index contributed by atoms with van der Waals surface area (Å²) in [5.41, 5.74) is 2.48. The summed E-state index contributed by atoms with van der Waals surface area (Å²) >= 11 is 0. The molecule has 2 nitrogen and oxygen atoms in total. The van der Waals surface area contributed by atoms with E-state index in [0.29, 0.717) is 0 Å². The smallest absolute Gasteiger partial charge is 0.0278 e. The Balaban J connectivity index is 2.66. The van der Waals surface area contributed by atoms with Crippen LogP contribution >= 0.6 is 0 Å². The first-order valence-electron chi connectivity index (χ1n) is 1.96. The number of allylic oxidation sites excluding steroid dienone is 1. The molecule has 0 atom stereocenters. The van der Waals surface area contributed by atoms with Crippen molar-refractivity contribution in [1.29, 1.82) is 0 Å². The fourth-order valence-electron chi connectivity index (χ4n) is 0.186. The second kappa shape index (κ2) is 4.66. The van der Waals surface area contributed by atoms with Crippen molar-refractivity contribution >= 4 is 0 Å². The van der Waals surface area contributed by atoms with E-state index in [1.807, 2.05) is 19.1 Å². The van der Waals surface area contributed by atoms with Gasteiger partial charge in [-0.15, -0.1) is 0 Å². The number of nitrogens with one attached hydrogen (secondary N) is 1. The molecule has 3 N–H and O–H groups in total. The minimum Gasteiger partial charge on any atom is -0.271 e. The Morgan fingerprint density at radius 1 is 1.83 bits per heavy atom. The maximum absolute atomic E-state index is 4.91. The molecule has 36 valence electrons. The minimum atomic E-state index is 0.760. The average molecular weight is 86.1 g/mol. The molecule has 6 heavy (non-hydrogen) atoms. The van der Waals surface area contributed by atoms with Crippen LogP contribution in [-0.2, 0) is 0 Å². The number of nitrogens with two attached hydrogens (primary N) is 1. The van der Waals surface area contributed by atoms with E-state index >= 15 is 0 Å². The van der Waals surface area contributed by atoms with Gasteiger partial charge in [0.1, 0.15) is 0 Å². The lowest BCUT2D eigenvalue weighted by Crippen LogP contribution is -2.21. The molecule has 0 unspecified atom stereocenters. The van der Waals surface area contributed by atoms with E-state index in [2.05, 4.69) is 5.43 Å². The highest BCUT2D eigenvalue weighted by atomic mass is 15.2. The van der Waals surface area contributed by atoms with Crippen molar-refractivity contribution in [3.8, 4) is 0 Å². The molecule has 0 aliphatic heterocycles. The Bertz CT molecular complexity index is 40.8. The molecule has 0 saturated heterocycles. The van der Waals surface area contributed by atoms with Crippen LogP contribution in [0.15, 0.2) is 12.2 Å². The maximum Gasteiger partial charge on any atom is 0.0278 e. The zero-order valence-electron chi connectivity index (χ0n) is 3.94. The zero-order valence-corrected chi connectivity index (χ0v) is 3.94. The predicted octanol–water partition coefficient (Wildman–Crippen LogP) is 0.0258. The third-order valence-electron chi connectivity index (χ3n) is 0.471. The van der Waals surface area contributed by atoms with Crippen molar-refractivity contribution in [2.45, 2.75) is 6.92 Å². The molecule has 0 heterocycles. The van der Waals surface area contributed by atoms with E-state index in [0.717, 1.165) is 6.54 Å². The quantitative estimate of drug-likeness (QED) is 0.282. The lowest BCUT2D eigenvalue weighted by atomic mass is 10.5. The highest BCUT2D eigenvalue weighted by Crippen LogP contribution is 1.60. The van der Waals surface area contributed by atoms with E-state index in [-0.39, 0.29) is 0 Å². The van der Waals surface area contributed by atoms with E-state index < -0.39 is 0 Å². The third kappa shape index (κ3) is 3.66. The maximum atomic E-state index is 4.91. The van der Waals surface area contributed by atoms with Gasteiger partial charge >= 0.3 is 0 Å². The molecule has 0 aromatic rings. The Labute approximate surface area is 38.0 Å². The molecule has 0 aliphatic rings. The van der Waals surface area contributed by atoms with E-state index in [1.54, 1.807) is 0 Å². The van der Waals surface area contributed by atoms with Gasteiger partial charge in [0.15, 0.2) is 0 Å². The van der Waals surface area contributed by atoms with Crippen molar-refractivity contribution in [2.75, 3.05) is 6.54 Å². The molecule has 0 spiro atoms. The summed E-state index contributed by atoms with van der Waals surface area (Å²) < 4.78 is 0. The Morgan fingerprint density at radius 3 is 2.67 bits per heavy atom. The van der Waals surface area contributed by atoms with Gasteiger partial charge in [-0.3, -0.25) is 11.3 Å². The number of hydrogen-bond donors (Lipinski definition) is 2. The predicted molar refractivity (Wildman–Crippen MR) is 27.0 cm³/mol. The van der Waals surface area contributed by atoms with Crippen LogP contribution in [0, 0.1) is 0 Å². The number of hydrogen-bond acceptors (Lipinski definition) is 2. The van der Waals surface area contributed by atoms with Gasteiger partial charge in [0.2, 0.25) is 0 Å². The van der Waals surface area contributed by atoms with Crippen molar-refractivity contribution < 1.29 is 0 Å². The summed E-state index contributed by atoms with van der Waals surface area (Å²) in [5.74, 6) is 4.91. The molecule has 0 bridgehead atoms. The van der Waals surface area contributed by atoms with Gasteiger partial charge in [0.25, 0.3) is 0 Å². The van der Waals surface area contributed by atoms with Gasteiger partial charge in [0.05, 0.1) is 0 Å². The molecule has 0 aromatic heterocycles. The second-order valence-corrected chi connectivity index (χ2v) is 0.977. The van der Waals surface area contributed by atoms with Crippen LogP contribution in [-0.4, -0.2) is 6.54 Å². The number of rotatable bonds is 2. The lowest BCUT2D eigenvalue weighted by molar-refractivity contribution is 0.823. The molecular weight excluding hydrogens is 76.1 g/mol. The van der Waals surface area contributed by atoms with Gasteiger partial charge in [0, 0.05) is 6.54 Å². The Hall–Kier alpha value is -0.340. The summed E-state index contributed by atoms with van der Waals surface area (Å²) in [7, 11) is 0. The van der Waals surface area contributed by atoms with E-state index in [4.69, 9.17) is 5.84 Å². The average Bonchev–Trinajstić information content (AvgIpc) is 1.61. The summed E-state index contributed by atoms with van der Waals surface area (Å²) in [6.07, 6.45) is 3.89. The molecule has 0 amide bonds. The summed E-state index contributed by atoms with van der Waals surface area (Å²) in [6.45, 7) is 2.72. The lowest BCUT2D eigenvalue weighted by Gasteiger charge is -1.82. The van der Waals surface area contributed by atoms with Gasteiger partial charge < -0.3 is 0 Å². The molecule has 0 aromatic carbocycles. The topological polar surface area (TPSA) is 38.0 Å². The molecule has 0 fully saturated rings. The zero-order chi connectivity index (χ0) is 4.83. The standard InChI is InChI=1S/C4H10N2/c1-2-3-4-6-5/h2-3,6H,4-5H2,1H3. The normalized spacial score (nSPS) is 10.3. The van der Waals surface area contributed by atoms with Gasteiger partial charge in [-0.1, -0.05) is 12.2 Å². The summed E-state index contributed by atoms with van der Waals surface area (Å²) in [6, 6.07) is 0. The molecule has 0 radical (unpaired) electrons. The highest BCUT2D eigenvalue weighted by molar-refractivity contribution is 4.77. The molecule has 0 rings (SSSR count). The first-order chi connectivity index (χ1) is 2.91. The van der Waals surface area contributed by atoms with Crippen LogP contribution in [0.1, 0.15) is 6.92 Å². The third-order valence-corrected chi connectivity index (χ3v) is 0.471. The summed E-state index contributed by atoms with van der Waals surface area (Å²) in [4.78, 5) is 0. The van der Waals surface area contributed by atoms with Crippen LogP contribution in [0.4, 0.5) is 0 Å². The first-order valence-corrected chi connectivity index (χ1v) is 1.96. The molecule has 2 heteroatoms. The second-order valence-electron chi connectivity index (χ2n) is 0.977. The monoisotopic (exact) mass is 86.1 g/mol. The fraction of sp³-hybridized carbons (Fsp3) is 0.500. The van der Waals surface area contributed by atoms with Crippen molar-refractivity contribution in [3.63, 3.8) is 0 Å². The van der Waals surface area contributed by atoms with Crippen LogP contribution in [0.5, 0.6) is 0 Å². The van der Waals surface area contributed by atoms with Crippen LogP contribution in [0.3, 0.4) is 0 Å². The van der Waals surface area contributed by atoms with Crippen LogP contribution in [0.25, 0.3) is 0 Å². The number of hydrazine groups is 1. The van der Waals surface area contributed by atoms with Crippen LogP contribution < -0.4 is 11.3 Å². The highest BCUT2D eigenvalue weighted by Gasteiger charge is 1.61. The van der Waals surface area contributed by atoms with Gasteiger partial charge in [-0.2, -0.15) is 0 Å². The Morgan fingerprint density at radius 2 is 2.50 bits per heavy atom. The molecule has 0 saturated carbocycles. The van der Waals surface area contributed by atoms with Crippen molar-refractivity contribution in [1.82, 2.24) is 5.43 Å². The van der Waals surface area contributed by atoms with Gasteiger partial charge in [-0.05, 0) is 6.92 Å². The van der Waals surface area contributed by atoms with Crippen LogP contribution in [0.2, 0.25) is 0 Å². The Kier molecular flexibility index (Phi) is 4.40. The van der Waals surface area contributed by atoms with E-state index in [1.165, 1.54) is 0 Å². The molecular formula is C4H10N2. The van der Waals surface area contributed by atoms with Crippen molar-refractivity contribution in [2.24, 2.45) is 5.84 Å². The van der Waals surface area contributed by atoms with E-state index in [9.17, 15) is 0 Å². The minimum absolute atomic E-state index is 0.760. The van der Waals surface area contributed by atoms with Crippen molar-refractivity contribution in [3.05, 3.63) is 12.2 Å². The fourth-order valence-corrected chi connectivity index (χ4v) is 0.186. The summed E-state index contributed by atoms with van der Waals surface area (Å²) in [5, 5.41) is 0. The SMILES string of the molecule is CC=CCNN. The molecule has 0 aliphatic carbocycles.